The van der Waals surface area contributed by atoms with Crippen LogP contribution < -0.4 is 10.1 Å². The van der Waals surface area contributed by atoms with E-state index in [2.05, 4.69) is 21.2 Å². The van der Waals surface area contributed by atoms with E-state index in [9.17, 15) is 4.79 Å². The van der Waals surface area contributed by atoms with Crippen LogP contribution in [0, 0.1) is 6.92 Å². The number of ether oxygens (including phenoxy) is 1. The van der Waals surface area contributed by atoms with Crippen molar-refractivity contribution in [3.05, 3.63) is 28.2 Å². The van der Waals surface area contributed by atoms with E-state index < -0.39 is 0 Å². The molecule has 2 atom stereocenters. The average Bonchev–Trinajstić information content (AvgIpc) is 2.86. The summed E-state index contributed by atoms with van der Waals surface area (Å²) in [5.74, 6) is 0.977. The molecule has 0 aliphatic carbocycles. The van der Waals surface area contributed by atoms with Crippen molar-refractivity contribution in [2.45, 2.75) is 57.2 Å². The van der Waals surface area contributed by atoms with Crippen LogP contribution in [0.25, 0.3) is 0 Å². The number of amides is 1. The SMILES string of the molecule is Cc1ccc(OCCC(=O)N(C)C2CC3CCC(C2)N3)c(Br)c1.Cl. The molecule has 2 aliphatic rings. The predicted octanol–water partition coefficient (Wildman–Crippen LogP) is 3.69. The van der Waals surface area contributed by atoms with E-state index in [-0.39, 0.29) is 18.3 Å². The van der Waals surface area contributed by atoms with Gasteiger partial charge in [-0.15, -0.1) is 12.4 Å². The van der Waals surface area contributed by atoms with Crippen LogP contribution in [0.3, 0.4) is 0 Å². The summed E-state index contributed by atoms with van der Waals surface area (Å²) in [4.78, 5) is 14.4. The molecule has 24 heavy (non-hydrogen) atoms. The van der Waals surface area contributed by atoms with Gasteiger partial charge >= 0.3 is 0 Å². The minimum atomic E-state index is 0. The Bertz CT molecular complexity index is 572. The summed E-state index contributed by atoms with van der Waals surface area (Å²) in [5.41, 5.74) is 1.18. The largest absolute Gasteiger partial charge is 0.492 e. The third-order valence-corrected chi connectivity index (χ3v) is 5.67. The van der Waals surface area contributed by atoms with Crippen LogP contribution >= 0.6 is 28.3 Å². The number of nitrogens with one attached hydrogen (secondary N) is 1. The quantitative estimate of drug-likeness (QED) is 0.794. The molecule has 1 aromatic rings. The zero-order chi connectivity index (χ0) is 16.4. The van der Waals surface area contributed by atoms with Crippen molar-refractivity contribution in [3.63, 3.8) is 0 Å². The summed E-state index contributed by atoms with van der Waals surface area (Å²) in [5, 5.41) is 3.62. The number of carbonyl (C=O) groups excluding carboxylic acids is 1. The Balaban J connectivity index is 0.00000208. The van der Waals surface area contributed by atoms with Crippen molar-refractivity contribution >= 4 is 34.2 Å². The number of rotatable bonds is 5. The van der Waals surface area contributed by atoms with E-state index in [0.717, 1.165) is 23.1 Å². The molecule has 2 fully saturated rings. The second-order valence-electron chi connectivity index (χ2n) is 6.80. The Morgan fingerprint density at radius 3 is 2.62 bits per heavy atom. The molecular weight excluding hydrogens is 392 g/mol. The van der Waals surface area contributed by atoms with Gasteiger partial charge < -0.3 is 15.0 Å². The van der Waals surface area contributed by atoms with Gasteiger partial charge in [-0.05, 0) is 66.2 Å². The van der Waals surface area contributed by atoms with Gasteiger partial charge in [0.25, 0.3) is 0 Å². The first-order valence-corrected chi connectivity index (χ1v) is 9.23. The first kappa shape index (κ1) is 19.5. The monoisotopic (exact) mass is 416 g/mol. The van der Waals surface area contributed by atoms with Crippen LogP contribution in [0.5, 0.6) is 5.75 Å². The number of halogens is 2. The Labute approximate surface area is 158 Å². The maximum Gasteiger partial charge on any atom is 0.225 e. The molecule has 1 amide bonds. The van der Waals surface area contributed by atoms with Crippen molar-refractivity contribution in [1.82, 2.24) is 10.2 Å². The fourth-order valence-electron chi connectivity index (χ4n) is 3.69. The lowest BCUT2D eigenvalue weighted by Gasteiger charge is -2.35. The molecule has 0 aromatic heterocycles. The summed E-state index contributed by atoms with van der Waals surface area (Å²) in [6.07, 6.45) is 5.11. The highest BCUT2D eigenvalue weighted by molar-refractivity contribution is 9.10. The lowest BCUT2D eigenvalue weighted by atomic mass is 9.98. The summed E-state index contributed by atoms with van der Waals surface area (Å²) < 4.78 is 6.69. The Hall–Kier alpha value is -0.780. The molecule has 2 aliphatic heterocycles. The maximum atomic E-state index is 12.4. The van der Waals surface area contributed by atoms with Gasteiger partial charge in [0.05, 0.1) is 17.5 Å². The second kappa shape index (κ2) is 8.54. The van der Waals surface area contributed by atoms with Gasteiger partial charge in [0.2, 0.25) is 5.91 Å². The van der Waals surface area contributed by atoms with Gasteiger partial charge in [0.15, 0.2) is 0 Å². The Morgan fingerprint density at radius 1 is 1.33 bits per heavy atom. The molecule has 6 heteroatoms. The second-order valence-corrected chi connectivity index (χ2v) is 7.65. The van der Waals surface area contributed by atoms with Crippen LogP contribution in [-0.2, 0) is 4.79 Å². The number of hydrogen-bond acceptors (Lipinski definition) is 3. The highest BCUT2D eigenvalue weighted by atomic mass is 79.9. The molecule has 1 N–H and O–H groups in total. The molecule has 2 unspecified atom stereocenters. The predicted molar refractivity (Wildman–Crippen MR) is 102 cm³/mol. The van der Waals surface area contributed by atoms with E-state index in [1.165, 1.54) is 18.4 Å². The van der Waals surface area contributed by atoms with E-state index >= 15 is 0 Å². The lowest BCUT2D eigenvalue weighted by Crippen LogP contribution is -2.48. The van der Waals surface area contributed by atoms with Gasteiger partial charge in [-0.1, -0.05) is 6.07 Å². The van der Waals surface area contributed by atoms with Crippen LogP contribution in [-0.4, -0.2) is 42.6 Å². The molecule has 0 saturated carbocycles. The third kappa shape index (κ3) is 4.64. The summed E-state index contributed by atoms with van der Waals surface area (Å²) in [6, 6.07) is 7.57. The van der Waals surface area contributed by atoms with Gasteiger partial charge in [-0.2, -0.15) is 0 Å². The van der Waals surface area contributed by atoms with Gasteiger partial charge in [-0.3, -0.25) is 4.79 Å². The van der Waals surface area contributed by atoms with Gasteiger partial charge in [0.1, 0.15) is 5.75 Å². The van der Waals surface area contributed by atoms with Crippen molar-refractivity contribution in [1.29, 1.82) is 0 Å². The van der Waals surface area contributed by atoms with Crippen molar-refractivity contribution in [3.8, 4) is 5.75 Å². The maximum absolute atomic E-state index is 12.4. The van der Waals surface area contributed by atoms with Crippen LogP contribution in [0.2, 0.25) is 0 Å². The summed E-state index contributed by atoms with van der Waals surface area (Å²) in [7, 11) is 1.94. The molecule has 134 valence electrons. The van der Waals surface area contributed by atoms with E-state index in [1.54, 1.807) is 0 Å². The number of fused-ring (bicyclic) bond motifs is 2. The van der Waals surface area contributed by atoms with Gasteiger partial charge in [0, 0.05) is 25.2 Å². The van der Waals surface area contributed by atoms with Crippen LogP contribution in [0.4, 0.5) is 0 Å². The van der Waals surface area contributed by atoms with E-state index in [4.69, 9.17) is 4.74 Å². The van der Waals surface area contributed by atoms with E-state index in [1.807, 2.05) is 37.1 Å². The minimum Gasteiger partial charge on any atom is -0.492 e. The molecule has 0 radical (unpaired) electrons. The highest BCUT2D eigenvalue weighted by Crippen LogP contribution is 2.29. The lowest BCUT2D eigenvalue weighted by molar-refractivity contribution is -0.133. The summed E-state index contributed by atoms with van der Waals surface area (Å²) >= 11 is 3.50. The third-order valence-electron chi connectivity index (χ3n) is 5.05. The topological polar surface area (TPSA) is 41.6 Å². The number of nitrogens with zero attached hydrogens (tertiary/aromatic N) is 1. The number of benzene rings is 1. The normalized spacial score (nSPS) is 25.0. The van der Waals surface area contributed by atoms with Crippen LogP contribution in [0.1, 0.15) is 37.7 Å². The molecule has 3 rings (SSSR count). The van der Waals surface area contributed by atoms with Gasteiger partial charge in [-0.25, -0.2) is 0 Å². The minimum absolute atomic E-state index is 0. The number of aryl methyl sites for hydroxylation is 1. The first-order valence-electron chi connectivity index (χ1n) is 8.43. The number of piperidine rings is 1. The van der Waals surface area contributed by atoms with Crippen molar-refractivity contribution in [2.24, 2.45) is 0 Å². The number of hydrogen-bond donors (Lipinski definition) is 1. The Kier molecular flexibility index (Phi) is 6.96. The smallest absolute Gasteiger partial charge is 0.225 e. The molecule has 2 bridgehead atoms. The average molecular weight is 418 g/mol. The molecule has 2 heterocycles. The molecular formula is C18H26BrClN2O2. The van der Waals surface area contributed by atoms with Crippen LogP contribution in [0.15, 0.2) is 22.7 Å². The molecule has 4 nitrogen and oxygen atoms in total. The number of carbonyl (C=O) groups is 1. The fourth-order valence-corrected chi connectivity index (χ4v) is 4.30. The molecule has 2 saturated heterocycles. The Morgan fingerprint density at radius 2 is 2.00 bits per heavy atom. The highest BCUT2D eigenvalue weighted by Gasteiger charge is 2.36. The summed E-state index contributed by atoms with van der Waals surface area (Å²) in [6.45, 7) is 2.46. The standard InChI is InChI=1S/C18H25BrN2O2.ClH/c1-12-3-6-17(16(19)9-12)23-8-7-18(22)21(2)15-10-13-4-5-14(11-15)20-13;/h3,6,9,13-15,20H,4-5,7-8,10-11H2,1-2H3;1H. The zero-order valence-electron chi connectivity index (χ0n) is 14.3. The van der Waals surface area contributed by atoms with E-state index in [0.29, 0.717) is 31.2 Å². The zero-order valence-corrected chi connectivity index (χ0v) is 16.7. The first-order chi connectivity index (χ1) is 11.0. The van der Waals surface area contributed by atoms with Crippen molar-refractivity contribution in [2.75, 3.05) is 13.7 Å². The molecule has 1 aromatic carbocycles. The van der Waals surface area contributed by atoms with Crippen molar-refractivity contribution < 1.29 is 9.53 Å². The molecule has 0 spiro atoms. The fraction of sp³-hybridized carbons (Fsp3) is 0.611.